The molecule has 0 aromatic carbocycles. The van der Waals surface area contributed by atoms with Crippen LogP contribution >= 0.6 is 0 Å². The molecule has 0 saturated heterocycles. The molecule has 1 fully saturated rings. The number of hydrogen-bond acceptors (Lipinski definition) is 1. The Morgan fingerprint density at radius 2 is 1.92 bits per heavy atom. The molecule has 0 bridgehead atoms. The second kappa shape index (κ2) is 4.48. The number of aliphatic imine (C=N–C) groups is 1. The van der Waals surface area contributed by atoms with Gasteiger partial charge >= 0.3 is 0 Å². The maximum Gasteiger partial charge on any atom is 0.0909 e. The van der Waals surface area contributed by atoms with Gasteiger partial charge in [0.25, 0.3) is 0 Å². The van der Waals surface area contributed by atoms with E-state index in [1.807, 2.05) is 6.92 Å². The first-order chi connectivity index (χ1) is 5.72. The molecule has 0 unspecified atom stereocenters. The summed E-state index contributed by atoms with van der Waals surface area (Å²) in [5.41, 5.74) is 5.54. The van der Waals surface area contributed by atoms with E-state index in [1.165, 1.54) is 32.1 Å². The summed E-state index contributed by atoms with van der Waals surface area (Å²) >= 11 is 0. The Bertz CT molecular complexity index is 151. The average molecular weight is 168 g/mol. The van der Waals surface area contributed by atoms with E-state index >= 15 is 0 Å². The van der Waals surface area contributed by atoms with E-state index in [-0.39, 0.29) is 0 Å². The molecule has 0 spiro atoms. The van der Waals surface area contributed by atoms with Crippen molar-refractivity contribution in [2.45, 2.75) is 52.0 Å². The highest BCUT2D eigenvalue weighted by Crippen LogP contribution is 2.27. The lowest BCUT2D eigenvalue weighted by Gasteiger charge is -2.25. The van der Waals surface area contributed by atoms with Gasteiger partial charge in [-0.25, -0.2) is 0 Å². The third-order valence-corrected chi connectivity index (χ3v) is 2.78. The highest BCUT2D eigenvalue weighted by Gasteiger charge is 2.18. The summed E-state index contributed by atoms with van der Waals surface area (Å²) in [6.07, 6.45) is 6.51. The zero-order chi connectivity index (χ0) is 8.97. The Morgan fingerprint density at radius 1 is 1.33 bits per heavy atom. The topological polar surface area (TPSA) is 38.4 Å². The molecule has 0 aromatic heterocycles. The Morgan fingerprint density at radius 3 is 2.33 bits per heavy atom. The molecule has 0 aromatic rings. The number of hydrogen-bond donors (Lipinski definition) is 1. The molecule has 0 radical (unpaired) electrons. The van der Waals surface area contributed by atoms with E-state index in [0.29, 0.717) is 6.04 Å². The second-order valence-electron chi connectivity index (χ2n) is 3.85. The van der Waals surface area contributed by atoms with Crippen molar-refractivity contribution in [2.75, 3.05) is 0 Å². The van der Waals surface area contributed by atoms with E-state index in [4.69, 9.17) is 5.73 Å². The van der Waals surface area contributed by atoms with E-state index in [0.717, 1.165) is 11.8 Å². The summed E-state index contributed by atoms with van der Waals surface area (Å²) in [7, 11) is 0. The number of amidine groups is 1. The van der Waals surface area contributed by atoms with Crippen LogP contribution in [0.5, 0.6) is 0 Å². The van der Waals surface area contributed by atoms with Crippen LogP contribution in [0.25, 0.3) is 0 Å². The van der Waals surface area contributed by atoms with E-state index in [1.54, 1.807) is 0 Å². The van der Waals surface area contributed by atoms with Gasteiger partial charge in [0.15, 0.2) is 0 Å². The fraction of sp³-hybridized carbons (Fsp3) is 0.900. The first-order valence-electron chi connectivity index (χ1n) is 5.02. The van der Waals surface area contributed by atoms with Crippen LogP contribution in [0.15, 0.2) is 4.99 Å². The lowest BCUT2D eigenvalue weighted by molar-refractivity contribution is 0.320. The van der Waals surface area contributed by atoms with Gasteiger partial charge < -0.3 is 5.73 Å². The Hall–Kier alpha value is -0.530. The SMILES string of the molecule is CCC1CCC(N=C(C)N)CC1. The Balaban J connectivity index is 2.31. The molecule has 1 aliphatic rings. The van der Waals surface area contributed by atoms with E-state index in [9.17, 15) is 0 Å². The van der Waals surface area contributed by atoms with Crippen LogP contribution in [0.1, 0.15) is 46.0 Å². The molecule has 0 atom stereocenters. The van der Waals surface area contributed by atoms with E-state index < -0.39 is 0 Å². The summed E-state index contributed by atoms with van der Waals surface area (Å²) in [4.78, 5) is 4.40. The van der Waals surface area contributed by atoms with Gasteiger partial charge in [-0.1, -0.05) is 13.3 Å². The minimum Gasteiger partial charge on any atom is -0.388 e. The fourth-order valence-electron chi connectivity index (χ4n) is 1.97. The smallest absolute Gasteiger partial charge is 0.0909 e. The van der Waals surface area contributed by atoms with Crippen molar-refractivity contribution in [1.29, 1.82) is 0 Å². The van der Waals surface area contributed by atoms with Gasteiger partial charge in [0.1, 0.15) is 0 Å². The van der Waals surface area contributed by atoms with Gasteiger partial charge in [-0.05, 0) is 38.5 Å². The average Bonchev–Trinajstić information content (AvgIpc) is 2.05. The van der Waals surface area contributed by atoms with Crippen molar-refractivity contribution in [3.8, 4) is 0 Å². The molecule has 2 heteroatoms. The van der Waals surface area contributed by atoms with Crippen molar-refractivity contribution < 1.29 is 0 Å². The predicted octanol–water partition coefficient (Wildman–Crippen LogP) is 2.33. The number of nitrogens with zero attached hydrogens (tertiary/aromatic N) is 1. The first kappa shape index (κ1) is 9.56. The number of rotatable bonds is 2. The predicted molar refractivity (Wildman–Crippen MR) is 53.3 cm³/mol. The zero-order valence-corrected chi connectivity index (χ0v) is 8.21. The minimum absolute atomic E-state index is 0.526. The van der Waals surface area contributed by atoms with Crippen LogP contribution in [-0.2, 0) is 0 Å². The summed E-state index contributed by atoms with van der Waals surface area (Å²) in [6, 6.07) is 0.526. The maximum atomic E-state index is 5.54. The maximum absolute atomic E-state index is 5.54. The summed E-state index contributed by atoms with van der Waals surface area (Å²) in [5.74, 6) is 1.70. The third kappa shape index (κ3) is 2.84. The molecule has 2 nitrogen and oxygen atoms in total. The van der Waals surface area contributed by atoms with Gasteiger partial charge in [0, 0.05) is 0 Å². The van der Waals surface area contributed by atoms with Crippen LogP contribution in [-0.4, -0.2) is 11.9 Å². The van der Waals surface area contributed by atoms with Gasteiger partial charge in [-0.2, -0.15) is 0 Å². The molecule has 0 amide bonds. The summed E-state index contributed by atoms with van der Waals surface area (Å²) in [6.45, 7) is 4.16. The first-order valence-corrected chi connectivity index (χ1v) is 5.02. The Labute approximate surface area is 75.3 Å². The molecule has 1 aliphatic carbocycles. The molecule has 2 N–H and O–H groups in total. The van der Waals surface area contributed by atoms with Gasteiger partial charge in [0.2, 0.25) is 0 Å². The van der Waals surface area contributed by atoms with E-state index in [2.05, 4.69) is 11.9 Å². The molecular weight excluding hydrogens is 148 g/mol. The molecule has 0 aliphatic heterocycles. The largest absolute Gasteiger partial charge is 0.388 e. The highest BCUT2D eigenvalue weighted by atomic mass is 14.9. The van der Waals surface area contributed by atoms with Gasteiger partial charge in [-0.3, -0.25) is 4.99 Å². The molecule has 1 saturated carbocycles. The van der Waals surface area contributed by atoms with Crippen LogP contribution in [0.4, 0.5) is 0 Å². The van der Waals surface area contributed by atoms with Crippen molar-refractivity contribution >= 4 is 5.84 Å². The second-order valence-corrected chi connectivity index (χ2v) is 3.85. The normalized spacial score (nSPS) is 32.0. The van der Waals surface area contributed by atoms with Crippen molar-refractivity contribution in [2.24, 2.45) is 16.6 Å². The third-order valence-electron chi connectivity index (χ3n) is 2.78. The minimum atomic E-state index is 0.526. The molecule has 0 heterocycles. The standard InChI is InChI=1S/C10H20N2/c1-3-9-4-6-10(7-5-9)12-8(2)11/h9-10H,3-7H2,1-2H3,(H2,11,12). The van der Waals surface area contributed by atoms with Crippen LogP contribution in [0.3, 0.4) is 0 Å². The van der Waals surface area contributed by atoms with Gasteiger partial charge in [-0.15, -0.1) is 0 Å². The molecule has 70 valence electrons. The molecule has 1 rings (SSSR count). The quantitative estimate of drug-likeness (QED) is 0.499. The summed E-state index contributed by atoms with van der Waals surface area (Å²) < 4.78 is 0. The van der Waals surface area contributed by atoms with Crippen LogP contribution < -0.4 is 5.73 Å². The van der Waals surface area contributed by atoms with Crippen molar-refractivity contribution in [3.05, 3.63) is 0 Å². The monoisotopic (exact) mass is 168 g/mol. The lowest BCUT2D eigenvalue weighted by Crippen LogP contribution is -2.19. The van der Waals surface area contributed by atoms with Crippen molar-refractivity contribution in [1.82, 2.24) is 0 Å². The van der Waals surface area contributed by atoms with Crippen molar-refractivity contribution in [3.63, 3.8) is 0 Å². The van der Waals surface area contributed by atoms with Gasteiger partial charge in [0.05, 0.1) is 11.9 Å². The fourth-order valence-corrected chi connectivity index (χ4v) is 1.97. The van der Waals surface area contributed by atoms with Crippen LogP contribution in [0, 0.1) is 5.92 Å². The summed E-state index contributed by atoms with van der Waals surface area (Å²) in [5, 5.41) is 0. The highest BCUT2D eigenvalue weighted by molar-refractivity contribution is 5.77. The lowest BCUT2D eigenvalue weighted by atomic mass is 9.85. The number of nitrogens with two attached hydrogens (primary N) is 1. The Kier molecular flexibility index (Phi) is 3.57. The molecule has 12 heavy (non-hydrogen) atoms. The molecular formula is C10H20N2. The zero-order valence-electron chi connectivity index (χ0n) is 8.21. The van der Waals surface area contributed by atoms with Crippen LogP contribution in [0.2, 0.25) is 0 Å².